The number of nitro groups is 1. The molecular weight excluding hydrogens is 264 g/mol. The van der Waals surface area contributed by atoms with Crippen LogP contribution in [0, 0.1) is 10.1 Å². The van der Waals surface area contributed by atoms with Crippen LogP contribution in [0.3, 0.4) is 0 Å². The molecule has 1 amide bonds. The van der Waals surface area contributed by atoms with Gasteiger partial charge in [0.15, 0.2) is 0 Å². The highest BCUT2D eigenvalue weighted by molar-refractivity contribution is 5.85. The third kappa shape index (κ3) is 5.13. The minimum atomic E-state index is -0.616. The van der Waals surface area contributed by atoms with E-state index in [1.54, 1.807) is 32.9 Å². The fourth-order valence-electron chi connectivity index (χ4n) is 1.54. The molecule has 0 bridgehead atoms. The smallest absolute Gasteiger partial charge is 0.412 e. The predicted octanol–water partition coefficient (Wildman–Crippen LogP) is 2.82. The van der Waals surface area contributed by atoms with E-state index in [2.05, 4.69) is 5.32 Å². The Balaban J connectivity index is 2.86. The number of benzene rings is 1. The second-order valence-electron chi connectivity index (χ2n) is 5.14. The zero-order valence-corrected chi connectivity index (χ0v) is 11.9. The van der Waals surface area contributed by atoms with Crippen molar-refractivity contribution in [1.82, 2.24) is 0 Å². The Labute approximate surface area is 117 Å². The summed E-state index contributed by atoms with van der Waals surface area (Å²) in [6.45, 7) is 4.86. The van der Waals surface area contributed by atoms with E-state index >= 15 is 0 Å². The van der Waals surface area contributed by atoms with Crippen LogP contribution in [0.4, 0.5) is 10.5 Å². The lowest BCUT2D eigenvalue weighted by atomic mass is 10.1. The van der Waals surface area contributed by atoms with Crippen molar-refractivity contribution in [2.75, 3.05) is 12.4 Å². The van der Waals surface area contributed by atoms with Gasteiger partial charge in [0.2, 0.25) is 6.54 Å². The van der Waals surface area contributed by atoms with Crippen molar-refractivity contribution in [3.8, 4) is 5.75 Å². The molecule has 0 heterocycles. The van der Waals surface area contributed by atoms with E-state index in [1.165, 1.54) is 13.2 Å². The Bertz CT molecular complexity index is 508. The molecule has 0 spiro atoms. The largest absolute Gasteiger partial charge is 0.496 e. The lowest BCUT2D eigenvalue weighted by Gasteiger charge is -2.19. The molecule has 0 aromatic heterocycles. The first-order valence-electron chi connectivity index (χ1n) is 6.00. The van der Waals surface area contributed by atoms with E-state index in [9.17, 15) is 14.9 Å². The molecule has 0 atom stereocenters. The number of rotatable bonds is 4. The van der Waals surface area contributed by atoms with Crippen molar-refractivity contribution in [1.29, 1.82) is 0 Å². The van der Waals surface area contributed by atoms with Crippen molar-refractivity contribution in [2.24, 2.45) is 0 Å². The maximum atomic E-state index is 11.6. The number of nitrogens with zero attached hydrogens (tertiary/aromatic N) is 1. The first-order valence-corrected chi connectivity index (χ1v) is 6.00. The summed E-state index contributed by atoms with van der Waals surface area (Å²) in [6, 6.07) is 4.64. The monoisotopic (exact) mass is 282 g/mol. The molecule has 0 aliphatic rings. The van der Waals surface area contributed by atoms with Crippen LogP contribution in [-0.4, -0.2) is 23.7 Å². The van der Waals surface area contributed by atoms with Crippen LogP contribution in [0.1, 0.15) is 26.3 Å². The third-order valence-electron chi connectivity index (χ3n) is 2.23. The van der Waals surface area contributed by atoms with Gasteiger partial charge in [0.05, 0.1) is 12.7 Å². The van der Waals surface area contributed by atoms with Gasteiger partial charge in [0.25, 0.3) is 0 Å². The summed E-state index contributed by atoms with van der Waals surface area (Å²) < 4.78 is 10.1. The Morgan fingerprint density at radius 3 is 2.55 bits per heavy atom. The standard InChI is InChI=1S/C13H18N2O5/c1-13(2,3)20-12(16)14-10-5-6-11(19-4)9(7-10)8-15(17)18/h5-7H,8H2,1-4H3,(H,14,16). The van der Waals surface area contributed by atoms with Crippen molar-refractivity contribution < 1.29 is 19.2 Å². The van der Waals surface area contributed by atoms with Gasteiger partial charge < -0.3 is 9.47 Å². The molecule has 0 saturated carbocycles. The number of carbonyl (C=O) groups is 1. The van der Waals surface area contributed by atoms with Crippen LogP contribution in [-0.2, 0) is 11.3 Å². The average molecular weight is 282 g/mol. The molecule has 0 saturated heterocycles. The number of ether oxygens (including phenoxy) is 2. The molecule has 110 valence electrons. The highest BCUT2D eigenvalue weighted by Crippen LogP contribution is 2.23. The molecule has 7 heteroatoms. The normalized spacial score (nSPS) is 10.8. The molecule has 0 aliphatic heterocycles. The number of nitrogens with one attached hydrogen (secondary N) is 1. The summed E-state index contributed by atoms with van der Waals surface area (Å²) in [5.41, 5.74) is 0.184. The Kier molecular flexibility index (Phi) is 4.90. The molecule has 1 aromatic carbocycles. The molecule has 1 N–H and O–H groups in total. The van der Waals surface area contributed by atoms with Gasteiger partial charge in [0, 0.05) is 10.6 Å². The minimum absolute atomic E-state index is 0.381. The molecule has 0 fully saturated rings. The summed E-state index contributed by atoms with van der Waals surface area (Å²) in [7, 11) is 1.43. The zero-order valence-electron chi connectivity index (χ0n) is 11.9. The number of carbonyl (C=O) groups excluding carboxylic acids is 1. The molecule has 1 aromatic rings. The third-order valence-corrected chi connectivity index (χ3v) is 2.23. The van der Waals surface area contributed by atoms with Crippen molar-refractivity contribution in [3.05, 3.63) is 33.9 Å². The van der Waals surface area contributed by atoms with Crippen LogP contribution in [0.15, 0.2) is 18.2 Å². The van der Waals surface area contributed by atoms with Gasteiger partial charge >= 0.3 is 6.09 Å². The lowest BCUT2D eigenvalue weighted by Crippen LogP contribution is -2.27. The molecule has 1 rings (SSSR count). The van der Waals surface area contributed by atoms with Crippen molar-refractivity contribution >= 4 is 11.8 Å². The molecule has 0 radical (unpaired) electrons. The first-order chi connectivity index (χ1) is 9.21. The van der Waals surface area contributed by atoms with E-state index in [-0.39, 0.29) is 6.54 Å². The summed E-state index contributed by atoms with van der Waals surface area (Å²) in [5, 5.41) is 13.1. The molecule has 7 nitrogen and oxygen atoms in total. The zero-order chi connectivity index (χ0) is 15.3. The van der Waals surface area contributed by atoms with E-state index < -0.39 is 16.6 Å². The fraction of sp³-hybridized carbons (Fsp3) is 0.462. The first kappa shape index (κ1) is 15.7. The van der Waals surface area contributed by atoms with Crippen LogP contribution in [0.25, 0.3) is 0 Å². The number of anilines is 1. The van der Waals surface area contributed by atoms with E-state index in [4.69, 9.17) is 9.47 Å². The minimum Gasteiger partial charge on any atom is -0.496 e. The number of methoxy groups -OCH3 is 1. The van der Waals surface area contributed by atoms with Gasteiger partial charge in [-0.15, -0.1) is 0 Å². The van der Waals surface area contributed by atoms with Gasteiger partial charge in [-0.3, -0.25) is 15.4 Å². The van der Waals surface area contributed by atoms with Crippen molar-refractivity contribution in [2.45, 2.75) is 32.9 Å². The molecule has 0 unspecified atom stereocenters. The van der Waals surface area contributed by atoms with Crippen LogP contribution < -0.4 is 10.1 Å². The SMILES string of the molecule is COc1ccc(NC(=O)OC(C)(C)C)cc1C[N+](=O)[O-]. The summed E-state index contributed by atoms with van der Waals surface area (Å²) in [6.07, 6.45) is -0.616. The van der Waals surface area contributed by atoms with Gasteiger partial charge in [-0.1, -0.05) is 0 Å². The van der Waals surface area contributed by atoms with Gasteiger partial charge in [-0.25, -0.2) is 4.79 Å². The van der Waals surface area contributed by atoms with E-state index in [1.807, 2.05) is 0 Å². The van der Waals surface area contributed by atoms with Gasteiger partial charge in [-0.2, -0.15) is 0 Å². The Morgan fingerprint density at radius 2 is 2.05 bits per heavy atom. The number of amides is 1. The Hall–Kier alpha value is -2.31. The maximum absolute atomic E-state index is 11.6. The van der Waals surface area contributed by atoms with Crippen LogP contribution >= 0.6 is 0 Å². The fourth-order valence-corrected chi connectivity index (χ4v) is 1.54. The topological polar surface area (TPSA) is 90.7 Å². The maximum Gasteiger partial charge on any atom is 0.412 e. The summed E-state index contributed by atoms with van der Waals surface area (Å²) in [4.78, 5) is 21.8. The molecular formula is C13H18N2O5. The summed E-state index contributed by atoms with van der Waals surface area (Å²) in [5.74, 6) is 0.399. The Morgan fingerprint density at radius 1 is 1.40 bits per heavy atom. The summed E-state index contributed by atoms with van der Waals surface area (Å²) >= 11 is 0. The predicted molar refractivity (Wildman–Crippen MR) is 73.5 cm³/mol. The molecule has 0 aliphatic carbocycles. The highest BCUT2D eigenvalue weighted by atomic mass is 16.6. The van der Waals surface area contributed by atoms with E-state index in [0.717, 1.165) is 0 Å². The van der Waals surface area contributed by atoms with Gasteiger partial charge in [0.1, 0.15) is 11.4 Å². The van der Waals surface area contributed by atoms with E-state index in [0.29, 0.717) is 17.0 Å². The second kappa shape index (κ2) is 6.23. The number of hydrogen-bond donors (Lipinski definition) is 1. The number of hydrogen-bond acceptors (Lipinski definition) is 5. The van der Waals surface area contributed by atoms with Crippen LogP contribution in [0.2, 0.25) is 0 Å². The highest BCUT2D eigenvalue weighted by Gasteiger charge is 2.17. The lowest BCUT2D eigenvalue weighted by molar-refractivity contribution is -0.496. The second-order valence-corrected chi connectivity index (χ2v) is 5.14. The van der Waals surface area contributed by atoms with Gasteiger partial charge in [-0.05, 0) is 39.0 Å². The van der Waals surface area contributed by atoms with Crippen LogP contribution in [0.5, 0.6) is 5.75 Å². The quantitative estimate of drug-likeness (QED) is 0.677. The molecule has 20 heavy (non-hydrogen) atoms. The van der Waals surface area contributed by atoms with Crippen molar-refractivity contribution in [3.63, 3.8) is 0 Å². The average Bonchev–Trinajstić information content (AvgIpc) is 2.25.